The first-order valence-electron chi connectivity index (χ1n) is 9.62. The van der Waals surface area contributed by atoms with E-state index in [2.05, 4.69) is 0 Å². The minimum absolute atomic E-state index is 0.100. The summed E-state index contributed by atoms with van der Waals surface area (Å²) in [5.74, 6) is -1.87. The summed E-state index contributed by atoms with van der Waals surface area (Å²) in [6, 6.07) is 13.7. The molecule has 2 bridgehead atoms. The van der Waals surface area contributed by atoms with Crippen molar-refractivity contribution in [2.75, 3.05) is 4.90 Å². The van der Waals surface area contributed by atoms with Gasteiger partial charge in [0.05, 0.1) is 23.4 Å². The highest BCUT2D eigenvalue weighted by Gasteiger charge is 2.62. The van der Waals surface area contributed by atoms with Gasteiger partial charge >= 0.3 is 0 Å². The zero-order valence-electron chi connectivity index (χ0n) is 15.4. The van der Waals surface area contributed by atoms with E-state index in [4.69, 9.17) is 0 Å². The maximum Gasteiger partial charge on any atom is 0.238 e. The number of carbonyl (C=O) groups excluding carboxylic acids is 3. The number of hydrogen-bond acceptors (Lipinski definition) is 3. The summed E-state index contributed by atoms with van der Waals surface area (Å²) < 4.78 is 0. The molecule has 2 fully saturated rings. The molecule has 3 aliphatic carbocycles. The average Bonchev–Trinajstić information content (AvgIpc) is 2.93. The van der Waals surface area contributed by atoms with E-state index in [0.29, 0.717) is 6.42 Å². The Bertz CT molecular complexity index is 1010. The Morgan fingerprint density at radius 1 is 0.926 bits per heavy atom. The standard InChI is InChI=1S/C23H21NO3/c1-3-13-8-6-7-12(2)21(13)24-22(26)19-16-11-17(25)18(20(19)23(24)27)15-10-5-4-9-14(15)16/h4-10,16,18-20H,3,11H2,1-2H3. The summed E-state index contributed by atoms with van der Waals surface area (Å²) in [5.41, 5.74) is 4.66. The third kappa shape index (κ3) is 2.01. The van der Waals surface area contributed by atoms with E-state index in [1.165, 1.54) is 4.90 Å². The van der Waals surface area contributed by atoms with Crippen LogP contribution in [0, 0.1) is 18.8 Å². The molecule has 136 valence electrons. The second-order valence-electron chi connectivity index (χ2n) is 7.88. The van der Waals surface area contributed by atoms with Crippen LogP contribution in [0.25, 0.3) is 0 Å². The zero-order chi connectivity index (χ0) is 18.9. The number of Topliss-reactive ketones (excluding diaryl/α,β-unsaturated/α-hetero) is 1. The van der Waals surface area contributed by atoms with Gasteiger partial charge in [-0.05, 0) is 35.6 Å². The number of hydrogen-bond donors (Lipinski definition) is 0. The topological polar surface area (TPSA) is 54.5 Å². The summed E-state index contributed by atoms with van der Waals surface area (Å²) in [5, 5.41) is 0. The molecule has 0 radical (unpaired) electrons. The number of aryl methyl sites for hydroxylation is 2. The second-order valence-corrected chi connectivity index (χ2v) is 7.88. The third-order valence-corrected chi connectivity index (χ3v) is 6.61. The van der Waals surface area contributed by atoms with Crippen LogP contribution >= 0.6 is 0 Å². The largest absolute Gasteiger partial charge is 0.299 e. The van der Waals surface area contributed by atoms with Gasteiger partial charge in [-0.2, -0.15) is 0 Å². The Labute approximate surface area is 158 Å². The van der Waals surface area contributed by atoms with Crippen molar-refractivity contribution in [3.8, 4) is 0 Å². The summed E-state index contributed by atoms with van der Waals surface area (Å²) in [7, 11) is 0. The van der Waals surface area contributed by atoms with Gasteiger partial charge in [-0.3, -0.25) is 14.4 Å². The molecule has 27 heavy (non-hydrogen) atoms. The molecule has 0 N–H and O–H groups in total. The third-order valence-electron chi connectivity index (χ3n) is 6.61. The van der Waals surface area contributed by atoms with Crippen LogP contribution in [0.15, 0.2) is 42.5 Å². The van der Waals surface area contributed by atoms with Crippen molar-refractivity contribution in [1.29, 1.82) is 0 Å². The fourth-order valence-corrected chi connectivity index (χ4v) is 5.50. The predicted octanol–water partition coefficient (Wildman–Crippen LogP) is 3.52. The van der Waals surface area contributed by atoms with Crippen molar-refractivity contribution >= 4 is 23.3 Å². The van der Waals surface area contributed by atoms with Crippen LogP contribution in [0.3, 0.4) is 0 Å². The highest BCUT2D eigenvalue weighted by Crippen LogP contribution is 2.58. The molecule has 2 amide bonds. The fourth-order valence-electron chi connectivity index (χ4n) is 5.50. The fraction of sp³-hybridized carbons (Fsp3) is 0.348. The van der Waals surface area contributed by atoms with Gasteiger partial charge in [-0.15, -0.1) is 0 Å². The van der Waals surface area contributed by atoms with Crippen LogP contribution in [0.1, 0.15) is 47.4 Å². The Hall–Kier alpha value is -2.75. The van der Waals surface area contributed by atoms with E-state index < -0.39 is 17.8 Å². The number of rotatable bonds is 2. The molecule has 2 aromatic carbocycles. The zero-order valence-corrected chi connectivity index (χ0v) is 15.4. The highest BCUT2D eigenvalue weighted by atomic mass is 16.2. The number of carbonyl (C=O) groups is 3. The Kier molecular flexibility index (Phi) is 3.42. The second kappa shape index (κ2) is 5.62. The van der Waals surface area contributed by atoms with E-state index in [1.807, 2.05) is 56.3 Å². The van der Waals surface area contributed by atoms with E-state index in [0.717, 1.165) is 34.4 Å². The molecule has 4 aliphatic rings. The van der Waals surface area contributed by atoms with Gasteiger partial charge in [0, 0.05) is 12.3 Å². The van der Waals surface area contributed by atoms with E-state index in [1.54, 1.807) is 0 Å². The van der Waals surface area contributed by atoms with Crippen molar-refractivity contribution in [2.45, 2.75) is 38.5 Å². The Morgan fingerprint density at radius 3 is 2.37 bits per heavy atom. The van der Waals surface area contributed by atoms with Crippen LogP contribution in [0.2, 0.25) is 0 Å². The molecule has 6 rings (SSSR count). The maximum absolute atomic E-state index is 13.5. The maximum atomic E-state index is 13.5. The predicted molar refractivity (Wildman–Crippen MR) is 102 cm³/mol. The molecule has 4 nitrogen and oxygen atoms in total. The number of imide groups is 1. The molecule has 4 unspecified atom stereocenters. The van der Waals surface area contributed by atoms with E-state index in [9.17, 15) is 14.4 Å². The molecule has 2 aromatic rings. The smallest absolute Gasteiger partial charge is 0.238 e. The molecular formula is C23H21NO3. The van der Waals surface area contributed by atoms with Crippen LogP contribution in [-0.2, 0) is 20.8 Å². The van der Waals surface area contributed by atoms with Gasteiger partial charge in [-0.25, -0.2) is 4.90 Å². The van der Waals surface area contributed by atoms with Gasteiger partial charge in [0.2, 0.25) is 11.8 Å². The van der Waals surface area contributed by atoms with Gasteiger partial charge in [0.1, 0.15) is 5.78 Å². The molecular weight excluding hydrogens is 338 g/mol. The number of para-hydroxylation sites is 1. The van der Waals surface area contributed by atoms with E-state index in [-0.39, 0.29) is 23.5 Å². The van der Waals surface area contributed by atoms with Crippen LogP contribution < -0.4 is 4.90 Å². The first-order chi connectivity index (χ1) is 13.0. The van der Waals surface area contributed by atoms with Crippen molar-refractivity contribution < 1.29 is 14.4 Å². The summed E-state index contributed by atoms with van der Waals surface area (Å²) in [6.07, 6.45) is 1.11. The first kappa shape index (κ1) is 16.4. The first-order valence-corrected chi connectivity index (χ1v) is 9.62. The van der Waals surface area contributed by atoms with Gasteiger partial charge in [-0.1, -0.05) is 49.4 Å². The number of nitrogens with zero attached hydrogens (tertiary/aromatic N) is 1. The molecule has 1 aliphatic heterocycles. The molecule has 4 atom stereocenters. The Balaban J connectivity index is 1.68. The highest BCUT2D eigenvalue weighted by molar-refractivity contribution is 6.25. The molecule has 1 heterocycles. The lowest BCUT2D eigenvalue weighted by molar-refractivity contribution is -0.134. The molecule has 1 saturated carbocycles. The van der Waals surface area contributed by atoms with E-state index >= 15 is 0 Å². The summed E-state index contributed by atoms with van der Waals surface area (Å²) >= 11 is 0. The minimum Gasteiger partial charge on any atom is -0.299 e. The summed E-state index contributed by atoms with van der Waals surface area (Å²) in [6.45, 7) is 3.96. The van der Waals surface area contributed by atoms with Crippen molar-refractivity contribution in [2.24, 2.45) is 11.8 Å². The quantitative estimate of drug-likeness (QED) is 0.771. The lowest BCUT2D eigenvalue weighted by Gasteiger charge is -2.43. The van der Waals surface area contributed by atoms with Crippen molar-refractivity contribution in [3.05, 3.63) is 64.7 Å². The lowest BCUT2D eigenvalue weighted by Crippen LogP contribution is -2.44. The van der Waals surface area contributed by atoms with Gasteiger partial charge in [0.15, 0.2) is 0 Å². The van der Waals surface area contributed by atoms with Crippen LogP contribution in [0.4, 0.5) is 5.69 Å². The van der Waals surface area contributed by atoms with Crippen LogP contribution in [0.5, 0.6) is 0 Å². The monoisotopic (exact) mass is 359 g/mol. The number of fused-ring (bicyclic) bond motifs is 1. The SMILES string of the molecule is CCc1cccc(C)c1N1C(=O)C2C3CC(=O)C(c4ccccc43)C2C1=O. The average molecular weight is 359 g/mol. The molecule has 1 saturated heterocycles. The lowest BCUT2D eigenvalue weighted by atomic mass is 9.56. The van der Waals surface area contributed by atoms with Gasteiger partial charge < -0.3 is 0 Å². The minimum atomic E-state index is -0.553. The molecule has 0 spiro atoms. The molecule has 0 aromatic heterocycles. The number of benzene rings is 2. The number of ketones is 1. The Morgan fingerprint density at radius 2 is 1.63 bits per heavy atom. The summed E-state index contributed by atoms with van der Waals surface area (Å²) in [4.78, 5) is 41.1. The van der Waals surface area contributed by atoms with Crippen molar-refractivity contribution in [3.63, 3.8) is 0 Å². The normalized spacial score (nSPS) is 28.5. The van der Waals surface area contributed by atoms with Crippen LogP contribution in [-0.4, -0.2) is 17.6 Å². The number of anilines is 1. The van der Waals surface area contributed by atoms with Gasteiger partial charge in [0.25, 0.3) is 0 Å². The number of amides is 2. The van der Waals surface area contributed by atoms with Crippen molar-refractivity contribution in [1.82, 2.24) is 0 Å². The molecule has 4 heteroatoms.